The zero-order valence-electron chi connectivity index (χ0n) is 9.16. The molecule has 2 aliphatic heterocycles. The molecule has 0 aliphatic carbocycles. The number of hydrogen-bond donors (Lipinski definition) is 1. The van der Waals surface area contributed by atoms with Crippen LogP contribution in [0.5, 0.6) is 0 Å². The molecule has 2 saturated heterocycles. The van der Waals surface area contributed by atoms with Gasteiger partial charge >= 0.3 is 12.1 Å². The van der Waals surface area contributed by atoms with Crippen molar-refractivity contribution in [2.75, 3.05) is 5.75 Å². The lowest BCUT2D eigenvalue weighted by Gasteiger charge is -2.16. The molecule has 96 valence electrons. The summed E-state index contributed by atoms with van der Waals surface area (Å²) >= 11 is -1.05. The van der Waals surface area contributed by atoms with Gasteiger partial charge in [0, 0.05) is 6.42 Å². The summed E-state index contributed by atoms with van der Waals surface area (Å²) in [4.78, 5) is 21.2. The van der Waals surface area contributed by atoms with Gasteiger partial charge in [-0.1, -0.05) is 0 Å². The molecule has 0 aromatic rings. The van der Waals surface area contributed by atoms with Crippen LogP contribution in [0.25, 0.3) is 0 Å². The topological polar surface area (TPSA) is 95.9 Å². The Balaban J connectivity index is 1.79. The molecule has 0 radical (unpaired) electrons. The summed E-state index contributed by atoms with van der Waals surface area (Å²) in [7, 11) is 0. The van der Waals surface area contributed by atoms with Crippen LogP contribution in [0.4, 0.5) is 4.79 Å². The SMILES string of the molecule is O=C(O)CCCC[C@H]1[C@H]2OC(=O)OC2C[S+]1[O-]. The molecule has 2 heterocycles. The lowest BCUT2D eigenvalue weighted by Crippen LogP contribution is -2.29. The average Bonchev–Trinajstić information content (AvgIpc) is 2.69. The smallest absolute Gasteiger partial charge is 0.509 e. The Kier molecular flexibility index (Phi) is 3.78. The van der Waals surface area contributed by atoms with Crippen molar-refractivity contribution in [1.82, 2.24) is 0 Å². The van der Waals surface area contributed by atoms with Gasteiger partial charge in [-0.05, 0) is 30.4 Å². The Morgan fingerprint density at radius 2 is 2.24 bits per heavy atom. The van der Waals surface area contributed by atoms with Crippen molar-refractivity contribution >= 4 is 23.3 Å². The predicted octanol–water partition coefficient (Wildman–Crippen LogP) is 0.666. The summed E-state index contributed by atoms with van der Waals surface area (Å²) in [6.45, 7) is 0. The number of ether oxygens (including phenoxy) is 2. The predicted molar refractivity (Wildman–Crippen MR) is 58.0 cm³/mol. The number of carboxylic acids is 1. The number of hydrogen-bond acceptors (Lipinski definition) is 5. The van der Waals surface area contributed by atoms with Gasteiger partial charge in [-0.3, -0.25) is 4.79 Å². The van der Waals surface area contributed by atoms with Crippen LogP contribution >= 0.6 is 0 Å². The number of aliphatic carboxylic acids is 1. The fourth-order valence-electron chi connectivity index (χ4n) is 2.20. The fourth-order valence-corrected chi connectivity index (χ4v) is 3.99. The van der Waals surface area contributed by atoms with Crippen LogP contribution in [0.15, 0.2) is 0 Å². The van der Waals surface area contributed by atoms with E-state index in [2.05, 4.69) is 0 Å². The zero-order chi connectivity index (χ0) is 12.4. The maximum atomic E-state index is 11.7. The van der Waals surface area contributed by atoms with Gasteiger partial charge in [0.2, 0.25) is 0 Å². The number of rotatable bonds is 5. The van der Waals surface area contributed by atoms with E-state index in [4.69, 9.17) is 14.6 Å². The molecule has 2 fully saturated rings. The summed E-state index contributed by atoms with van der Waals surface area (Å²) in [5, 5.41) is 8.28. The maximum Gasteiger partial charge on any atom is 0.509 e. The summed E-state index contributed by atoms with van der Waals surface area (Å²) in [5.74, 6) is -0.494. The molecule has 0 saturated carbocycles. The highest BCUT2D eigenvalue weighted by Crippen LogP contribution is 2.34. The molecule has 7 heteroatoms. The molecular formula is C10H14O6S. The minimum atomic E-state index is -1.05. The molecule has 6 nitrogen and oxygen atoms in total. The Bertz CT molecular complexity index is 320. The van der Waals surface area contributed by atoms with Gasteiger partial charge in [-0.15, -0.1) is 0 Å². The van der Waals surface area contributed by atoms with E-state index < -0.39 is 29.4 Å². The summed E-state index contributed by atoms with van der Waals surface area (Å²) in [6.07, 6.45) is 0.466. The Hall–Kier alpha value is -0.950. The molecule has 0 aromatic heterocycles. The van der Waals surface area contributed by atoms with Crippen LogP contribution in [-0.4, -0.2) is 45.0 Å². The van der Waals surface area contributed by atoms with Crippen LogP contribution in [-0.2, 0) is 25.4 Å². The van der Waals surface area contributed by atoms with Gasteiger partial charge in [-0.25, -0.2) is 4.79 Å². The third kappa shape index (κ3) is 2.84. The molecule has 2 aliphatic rings. The molecular weight excluding hydrogens is 248 g/mol. The molecule has 2 unspecified atom stereocenters. The molecule has 1 N–H and O–H groups in total. The van der Waals surface area contributed by atoms with E-state index in [0.717, 1.165) is 0 Å². The van der Waals surface area contributed by atoms with E-state index in [1.165, 1.54) is 0 Å². The Labute approximate surface area is 101 Å². The van der Waals surface area contributed by atoms with Crippen molar-refractivity contribution < 1.29 is 28.7 Å². The standard InChI is InChI=1S/C10H14O6S/c11-8(12)4-2-1-3-7-9-6(5-17(7)14)15-10(13)16-9/h6-7,9H,1-5H2,(H,11,12)/t6?,7-,9-,17?/m0/s1. The molecule has 0 aromatic carbocycles. The molecule has 2 rings (SSSR count). The number of unbranched alkanes of at least 4 members (excludes halogenated alkanes) is 1. The summed E-state index contributed by atoms with van der Waals surface area (Å²) in [5.41, 5.74) is 0. The van der Waals surface area contributed by atoms with E-state index in [1.54, 1.807) is 0 Å². The minimum Gasteiger partial charge on any atom is -0.616 e. The third-order valence-corrected chi connectivity index (χ3v) is 4.84. The zero-order valence-corrected chi connectivity index (χ0v) is 9.98. The molecule has 0 bridgehead atoms. The first-order valence-corrected chi connectivity index (χ1v) is 6.92. The monoisotopic (exact) mass is 262 g/mol. The van der Waals surface area contributed by atoms with Crippen LogP contribution < -0.4 is 0 Å². The molecule has 0 amide bonds. The van der Waals surface area contributed by atoms with Gasteiger partial charge < -0.3 is 19.1 Å². The van der Waals surface area contributed by atoms with Gasteiger partial charge in [-0.2, -0.15) is 0 Å². The van der Waals surface area contributed by atoms with Crippen molar-refractivity contribution in [2.45, 2.75) is 43.1 Å². The van der Waals surface area contributed by atoms with Crippen molar-refractivity contribution in [1.29, 1.82) is 0 Å². The highest BCUT2D eigenvalue weighted by Gasteiger charge is 2.55. The van der Waals surface area contributed by atoms with E-state index in [9.17, 15) is 14.1 Å². The van der Waals surface area contributed by atoms with E-state index in [0.29, 0.717) is 25.0 Å². The highest BCUT2D eigenvalue weighted by molar-refractivity contribution is 7.92. The van der Waals surface area contributed by atoms with Crippen LogP contribution in [0.2, 0.25) is 0 Å². The minimum absolute atomic E-state index is 0.115. The highest BCUT2D eigenvalue weighted by atomic mass is 32.2. The molecule has 4 atom stereocenters. The first kappa shape index (κ1) is 12.5. The van der Waals surface area contributed by atoms with E-state index in [-0.39, 0.29) is 17.8 Å². The van der Waals surface area contributed by atoms with Crippen molar-refractivity contribution in [3.63, 3.8) is 0 Å². The largest absolute Gasteiger partial charge is 0.616 e. The van der Waals surface area contributed by atoms with E-state index in [1.807, 2.05) is 0 Å². The number of carbonyl (C=O) groups excluding carboxylic acids is 1. The second-order valence-corrected chi connectivity index (χ2v) is 5.91. The average molecular weight is 262 g/mol. The maximum absolute atomic E-state index is 11.7. The third-order valence-electron chi connectivity index (χ3n) is 3.01. The summed E-state index contributed by atoms with van der Waals surface area (Å²) in [6, 6.07) is 0. The van der Waals surface area contributed by atoms with Crippen molar-refractivity contribution in [3.05, 3.63) is 0 Å². The van der Waals surface area contributed by atoms with Gasteiger partial charge in [0.05, 0.1) is 0 Å². The quantitative estimate of drug-likeness (QED) is 0.444. The number of fused-ring (bicyclic) bond motifs is 1. The van der Waals surface area contributed by atoms with Gasteiger partial charge in [0.1, 0.15) is 5.75 Å². The molecule has 17 heavy (non-hydrogen) atoms. The van der Waals surface area contributed by atoms with Crippen molar-refractivity contribution in [3.8, 4) is 0 Å². The van der Waals surface area contributed by atoms with Crippen LogP contribution in [0.1, 0.15) is 25.7 Å². The molecule has 0 spiro atoms. The fraction of sp³-hybridized carbons (Fsp3) is 0.800. The lowest BCUT2D eigenvalue weighted by atomic mass is 10.1. The van der Waals surface area contributed by atoms with Crippen LogP contribution in [0, 0.1) is 0 Å². The normalized spacial score (nSPS) is 35.2. The number of carbonyl (C=O) groups is 2. The Morgan fingerprint density at radius 3 is 2.94 bits per heavy atom. The Morgan fingerprint density at radius 1 is 1.47 bits per heavy atom. The first-order chi connectivity index (χ1) is 8.08. The first-order valence-electron chi connectivity index (χ1n) is 5.54. The lowest BCUT2D eigenvalue weighted by molar-refractivity contribution is -0.137. The summed E-state index contributed by atoms with van der Waals surface area (Å²) < 4.78 is 21.6. The second kappa shape index (κ2) is 5.14. The van der Waals surface area contributed by atoms with Crippen LogP contribution in [0.3, 0.4) is 0 Å². The van der Waals surface area contributed by atoms with Gasteiger partial charge in [0.25, 0.3) is 0 Å². The number of carboxylic acid groups (broad SMARTS) is 1. The van der Waals surface area contributed by atoms with Gasteiger partial charge in [0.15, 0.2) is 17.5 Å². The van der Waals surface area contributed by atoms with E-state index >= 15 is 0 Å². The van der Waals surface area contributed by atoms with Crippen molar-refractivity contribution in [2.24, 2.45) is 0 Å². The second-order valence-electron chi connectivity index (χ2n) is 4.21.